The third-order valence-corrected chi connectivity index (χ3v) is 9.97. The van der Waals surface area contributed by atoms with Gasteiger partial charge in [-0.25, -0.2) is 4.98 Å². The molecule has 4 aromatic rings. The van der Waals surface area contributed by atoms with Crippen molar-refractivity contribution < 1.29 is 13.0 Å². The molecule has 190 valence electrons. The fourth-order valence-electron chi connectivity index (χ4n) is 6.80. The average molecular weight is 515 g/mol. The summed E-state index contributed by atoms with van der Waals surface area (Å²) in [4.78, 5) is 9.50. The molecule has 3 aliphatic carbocycles. The van der Waals surface area contributed by atoms with Crippen molar-refractivity contribution in [2.24, 2.45) is 11.3 Å². The third-order valence-electron chi connectivity index (χ3n) is 8.67. The van der Waals surface area contributed by atoms with Crippen LogP contribution in [0.15, 0.2) is 60.9 Å². The van der Waals surface area contributed by atoms with Gasteiger partial charge >= 0.3 is 0 Å². The Morgan fingerprint density at radius 1 is 1.03 bits per heavy atom. The zero-order valence-electron chi connectivity index (χ0n) is 20.8. The van der Waals surface area contributed by atoms with Crippen molar-refractivity contribution >= 4 is 21.2 Å². The summed E-state index contributed by atoms with van der Waals surface area (Å²) in [5.74, 6) is 0.442. The van der Waals surface area contributed by atoms with E-state index in [0.29, 0.717) is 17.5 Å². The van der Waals surface area contributed by atoms with Crippen molar-refractivity contribution in [3.8, 4) is 11.3 Å². The van der Waals surface area contributed by atoms with E-state index in [1.807, 2.05) is 61.7 Å². The maximum Gasteiger partial charge on any atom is 0.272 e. The molecule has 7 nitrogen and oxygen atoms in total. The first kappa shape index (κ1) is 23.0. The van der Waals surface area contributed by atoms with E-state index < -0.39 is 15.4 Å². The van der Waals surface area contributed by atoms with Gasteiger partial charge in [-0.3, -0.25) is 14.2 Å². The second-order valence-corrected chi connectivity index (χ2v) is 13.0. The van der Waals surface area contributed by atoms with Crippen LogP contribution >= 0.6 is 0 Å². The zero-order chi connectivity index (χ0) is 25.4. The fraction of sp³-hybridized carbons (Fsp3) is 0.414. The van der Waals surface area contributed by atoms with Crippen molar-refractivity contribution in [3.63, 3.8) is 0 Å². The van der Waals surface area contributed by atoms with Crippen LogP contribution < -0.4 is 0 Å². The SMILES string of the molecule is Cc1cccc(C(C2CC3(C2)CC(n2cc(-c4cnc5ccccc5n4)c(C4CC4)n2)C3)S(=O)(=O)O)c1. The van der Waals surface area contributed by atoms with E-state index in [9.17, 15) is 13.0 Å². The van der Waals surface area contributed by atoms with Crippen LogP contribution in [0.5, 0.6) is 0 Å². The lowest BCUT2D eigenvalue weighted by atomic mass is 9.49. The van der Waals surface area contributed by atoms with E-state index >= 15 is 0 Å². The smallest absolute Gasteiger partial charge is 0.272 e. The molecule has 8 heteroatoms. The van der Waals surface area contributed by atoms with Gasteiger partial charge in [-0.1, -0.05) is 42.0 Å². The summed E-state index contributed by atoms with van der Waals surface area (Å²) in [5.41, 5.74) is 6.71. The van der Waals surface area contributed by atoms with Gasteiger partial charge in [0, 0.05) is 17.7 Å². The van der Waals surface area contributed by atoms with Gasteiger partial charge in [0.2, 0.25) is 0 Å². The molecule has 1 unspecified atom stereocenters. The Morgan fingerprint density at radius 2 is 1.78 bits per heavy atom. The van der Waals surface area contributed by atoms with Gasteiger partial charge in [-0.2, -0.15) is 13.5 Å². The average Bonchev–Trinajstić information content (AvgIpc) is 3.57. The summed E-state index contributed by atoms with van der Waals surface area (Å²) in [6.07, 6.45) is 9.95. The van der Waals surface area contributed by atoms with Gasteiger partial charge in [0.15, 0.2) is 0 Å². The topological polar surface area (TPSA) is 98.0 Å². The number of aromatic nitrogens is 4. The molecule has 37 heavy (non-hydrogen) atoms. The molecule has 0 amide bonds. The lowest BCUT2D eigenvalue weighted by Gasteiger charge is -2.58. The molecule has 0 saturated heterocycles. The highest BCUT2D eigenvalue weighted by atomic mass is 32.2. The molecule has 3 saturated carbocycles. The van der Waals surface area contributed by atoms with Crippen LogP contribution in [0.4, 0.5) is 0 Å². The van der Waals surface area contributed by atoms with Gasteiger partial charge < -0.3 is 0 Å². The molecule has 1 spiro atoms. The summed E-state index contributed by atoms with van der Waals surface area (Å²) in [6, 6.07) is 15.7. The monoisotopic (exact) mass is 514 g/mol. The molecule has 2 aromatic carbocycles. The molecule has 0 aliphatic heterocycles. The van der Waals surface area contributed by atoms with Crippen LogP contribution in [-0.2, 0) is 10.1 Å². The van der Waals surface area contributed by atoms with Gasteiger partial charge in [0.1, 0.15) is 5.25 Å². The van der Waals surface area contributed by atoms with Crippen LogP contribution in [0.3, 0.4) is 0 Å². The number of hydrogen-bond donors (Lipinski definition) is 1. The largest absolute Gasteiger partial charge is 0.285 e. The molecular formula is C29H30N4O3S. The second-order valence-electron chi connectivity index (χ2n) is 11.5. The number of benzene rings is 2. The van der Waals surface area contributed by atoms with Gasteiger partial charge in [0.05, 0.1) is 34.7 Å². The molecular weight excluding hydrogens is 484 g/mol. The Balaban J connectivity index is 1.10. The number of aryl methyl sites for hydroxylation is 1. The van der Waals surface area contributed by atoms with Crippen LogP contribution in [-0.4, -0.2) is 32.7 Å². The van der Waals surface area contributed by atoms with E-state index in [2.05, 4.69) is 15.9 Å². The minimum atomic E-state index is -4.18. The number of para-hydroxylation sites is 2. The lowest BCUT2D eigenvalue weighted by Crippen LogP contribution is -2.50. The van der Waals surface area contributed by atoms with E-state index in [4.69, 9.17) is 10.1 Å². The highest BCUT2D eigenvalue weighted by Crippen LogP contribution is 2.65. The van der Waals surface area contributed by atoms with Crippen LogP contribution in [0.25, 0.3) is 22.3 Å². The first-order chi connectivity index (χ1) is 17.8. The quantitative estimate of drug-likeness (QED) is 0.315. The van der Waals surface area contributed by atoms with Gasteiger partial charge in [-0.15, -0.1) is 0 Å². The predicted octanol–water partition coefficient (Wildman–Crippen LogP) is 6.04. The Morgan fingerprint density at radius 3 is 2.49 bits per heavy atom. The van der Waals surface area contributed by atoms with Crippen molar-refractivity contribution in [2.45, 2.75) is 62.7 Å². The molecule has 2 aromatic heterocycles. The van der Waals surface area contributed by atoms with Crippen molar-refractivity contribution in [1.82, 2.24) is 19.7 Å². The Hall–Kier alpha value is -3.10. The van der Waals surface area contributed by atoms with E-state index in [1.54, 1.807) is 0 Å². The maximum absolute atomic E-state index is 12.3. The molecule has 1 N–H and O–H groups in total. The van der Waals surface area contributed by atoms with Crippen molar-refractivity contribution in [1.29, 1.82) is 0 Å². The zero-order valence-corrected chi connectivity index (χ0v) is 21.6. The molecule has 7 rings (SSSR count). The van der Waals surface area contributed by atoms with E-state index in [0.717, 1.165) is 72.1 Å². The van der Waals surface area contributed by atoms with Crippen molar-refractivity contribution in [2.75, 3.05) is 0 Å². The number of hydrogen-bond acceptors (Lipinski definition) is 5. The van der Waals surface area contributed by atoms with Crippen LogP contribution in [0, 0.1) is 18.3 Å². The number of fused-ring (bicyclic) bond motifs is 1. The van der Waals surface area contributed by atoms with Crippen molar-refractivity contribution in [3.05, 3.63) is 77.7 Å². The first-order valence-corrected chi connectivity index (χ1v) is 14.6. The molecule has 0 radical (unpaired) electrons. The lowest BCUT2D eigenvalue weighted by molar-refractivity contribution is -0.0670. The van der Waals surface area contributed by atoms with E-state index in [-0.39, 0.29) is 11.3 Å². The molecule has 0 bridgehead atoms. The first-order valence-electron chi connectivity index (χ1n) is 13.1. The Labute approximate surface area is 216 Å². The molecule has 3 aliphatic rings. The van der Waals surface area contributed by atoms with Gasteiger partial charge in [0.25, 0.3) is 10.1 Å². The summed E-state index contributed by atoms with van der Waals surface area (Å²) < 4.78 is 36.9. The number of rotatable bonds is 6. The summed E-state index contributed by atoms with van der Waals surface area (Å²) in [5, 5.41) is 4.19. The normalized spacial score (nSPS) is 26.1. The van der Waals surface area contributed by atoms with Gasteiger partial charge in [-0.05, 0) is 74.5 Å². The minimum absolute atomic E-state index is 0.0548. The minimum Gasteiger partial charge on any atom is -0.285 e. The van der Waals surface area contributed by atoms with Crippen LogP contribution in [0.1, 0.15) is 72.6 Å². The highest BCUT2D eigenvalue weighted by Gasteiger charge is 2.57. The molecule has 1 atom stereocenters. The van der Waals surface area contributed by atoms with Crippen LogP contribution in [0.2, 0.25) is 0 Å². The number of nitrogens with zero attached hydrogens (tertiary/aromatic N) is 4. The Bertz CT molecular complexity index is 1610. The van der Waals surface area contributed by atoms with E-state index in [1.165, 1.54) is 0 Å². The maximum atomic E-state index is 12.3. The standard InChI is InChI=1S/C29H30N4O3S/c1-18-5-4-6-20(11-18)28(37(34,35)36)21-12-29(13-21)14-22(15-29)33-17-23(27(32-33)19-9-10-19)26-16-30-24-7-2-3-8-25(24)31-26/h2-8,11,16-17,19,21-22,28H,9-10,12-15H2,1H3,(H,34,35,36). The predicted molar refractivity (Wildman–Crippen MR) is 142 cm³/mol. The summed E-state index contributed by atoms with van der Waals surface area (Å²) in [7, 11) is -4.18. The highest BCUT2D eigenvalue weighted by molar-refractivity contribution is 7.86. The third kappa shape index (κ3) is 4.07. The fourth-order valence-corrected chi connectivity index (χ4v) is 7.97. The summed E-state index contributed by atoms with van der Waals surface area (Å²) in [6.45, 7) is 1.95. The molecule has 2 heterocycles. The second kappa shape index (κ2) is 8.20. The Kier molecular flexibility index (Phi) is 5.11. The summed E-state index contributed by atoms with van der Waals surface area (Å²) >= 11 is 0. The molecule has 3 fully saturated rings.